The number of hydrogen-bond acceptors (Lipinski definition) is 7. The van der Waals surface area contributed by atoms with E-state index in [1.54, 1.807) is 31.0 Å². The molecule has 0 aliphatic carbocycles. The molecule has 0 bridgehead atoms. The predicted molar refractivity (Wildman–Crippen MR) is 94.7 cm³/mol. The Kier molecular flexibility index (Phi) is 3.28. The zero-order valence-corrected chi connectivity index (χ0v) is 13.4. The fourth-order valence-electron chi connectivity index (χ4n) is 2.84. The highest BCUT2D eigenvalue weighted by atomic mass is 16.4. The van der Waals surface area contributed by atoms with Crippen LogP contribution in [-0.4, -0.2) is 15.0 Å². The number of nitrogens with one attached hydrogen (secondary N) is 1. The third-order valence-corrected chi connectivity index (χ3v) is 3.94. The van der Waals surface area contributed by atoms with Gasteiger partial charge in [0.25, 0.3) is 0 Å². The summed E-state index contributed by atoms with van der Waals surface area (Å²) in [6, 6.07) is 11.0. The number of aromatic nitrogens is 3. The molecule has 5 heterocycles. The third-order valence-electron chi connectivity index (χ3n) is 3.94. The standard InChI is InChI=1S/C19H12N4O3/c1-3-13(24-9-1)15-16-18(23-12-5-7-20-8-6-12)21-11-22-19(16)26-17(15)14-4-2-10-25-14/h1-11H,(H,20,21,22,23). The maximum absolute atomic E-state index is 5.99. The fraction of sp³-hybridized carbons (Fsp3) is 0. The summed E-state index contributed by atoms with van der Waals surface area (Å²) in [6.45, 7) is 0. The lowest BCUT2D eigenvalue weighted by Gasteiger charge is -2.06. The lowest BCUT2D eigenvalue weighted by atomic mass is 10.1. The van der Waals surface area contributed by atoms with Gasteiger partial charge in [-0.15, -0.1) is 0 Å². The minimum absolute atomic E-state index is 0.439. The van der Waals surface area contributed by atoms with Crippen molar-refractivity contribution in [2.24, 2.45) is 0 Å². The molecule has 5 aromatic rings. The molecular weight excluding hydrogens is 332 g/mol. The van der Waals surface area contributed by atoms with Crippen LogP contribution < -0.4 is 5.32 Å². The number of anilines is 2. The van der Waals surface area contributed by atoms with Crippen molar-refractivity contribution in [3.63, 3.8) is 0 Å². The van der Waals surface area contributed by atoms with E-state index in [0.29, 0.717) is 34.2 Å². The SMILES string of the molecule is c1coc(-c2oc3ncnc(Nc4ccncc4)c3c2-c2ccco2)c1. The van der Waals surface area contributed by atoms with Crippen molar-refractivity contribution in [2.75, 3.05) is 5.32 Å². The molecule has 5 rings (SSSR count). The largest absolute Gasteiger partial charge is 0.464 e. The van der Waals surface area contributed by atoms with Crippen LogP contribution in [0, 0.1) is 0 Å². The van der Waals surface area contributed by atoms with E-state index in [-0.39, 0.29) is 0 Å². The predicted octanol–water partition coefficient (Wildman–Crippen LogP) is 4.88. The van der Waals surface area contributed by atoms with Crippen molar-refractivity contribution in [2.45, 2.75) is 0 Å². The summed E-state index contributed by atoms with van der Waals surface area (Å²) >= 11 is 0. The summed E-state index contributed by atoms with van der Waals surface area (Å²) in [6.07, 6.45) is 8.07. The molecule has 126 valence electrons. The minimum Gasteiger partial charge on any atom is -0.464 e. The Bertz CT molecular complexity index is 1150. The Balaban J connectivity index is 1.77. The smallest absolute Gasteiger partial charge is 0.232 e. The van der Waals surface area contributed by atoms with Gasteiger partial charge in [-0.2, -0.15) is 0 Å². The van der Waals surface area contributed by atoms with Crippen LogP contribution in [0.1, 0.15) is 0 Å². The van der Waals surface area contributed by atoms with Gasteiger partial charge in [0, 0.05) is 18.1 Å². The van der Waals surface area contributed by atoms with Crippen molar-refractivity contribution >= 4 is 22.6 Å². The van der Waals surface area contributed by atoms with Crippen LogP contribution in [0.3, 0.4) is 0 Å². The average Bonchev–Trinajstić information content (AvgIpc) is 3.42. The first-order chi connectivity index (χ1) is 12.9. The molecule has 0 saturated heterocycles. The van der Waals surface area contributed by atoms with Crippen molar-refractivity contribution < 1.29 is 13.3 Å². The number of furan rings is 3. The molecule has 7 heteroatoms. The van der Waals surface area contributed by atoms with Crippen molar-refractivity contribution in [1.29, 1.82) is 0 Å². The van der Waals surface area contributed by atoms with Crippen LogP contribution >= 0.6 is 0 Å². The van der Waals surface area contributed by atoms with E-state index >= 15 is 0 Å². The Labute approximate surface area is 147 Å². The third kappa shape index (κ3) is 2.34. The fourth-order valence-corrected chi connectivity index (χ4v) is 2.84. The molecule has 0 aliphatic heterocycles. The first-order valence-electron chi connectivity index (χ1n) is 7.92. The van der Waals surface area contributed by atoms with Gasteiger partial charge in [0.15, 0.2) is 11.5 Å². The van der Waals surface area contributed by atoms with E-state index in [4.69, 9.17) is 13.3 Å². The highest BCUT2D eigenvalue weighted by Gasteiger charge is 2.25. The van der Waals surface area contributed by atoms with Crippen LogP contribution in [0.15, 0.2) is 80.9 Å². The van der Waals surface area contributed by atoms with E-state index < -0.39 is 0 Å². The van der Waals surface area contributed by atoms with Crippen molar-refractivity contribution in [3.05, 3.63) is 67.6 Å². The quantitative estimate of drug-likeness (QED) is 0.497. The second kappa shape index (κ2) is 5.89. The van der Waals surface area contributed by atoms with Gasteiger partial charge < -0.3 is 18.6 Å². The number of pyridine rings is 1. The Hall–Kier alpha value is -3.87. The number of hydrogen-bond donors (Lipinski definition) is 1. The zero-order valence-electron chi connectivity index (χ0n) is 13.4. The topological polar surface area (TPSA) is 90.1 Å². The molecule has 0 saturated carbocycles. The van der Waals surface area contributed by atoms with Gasteiger partial charge in [0.1, 0.15) is 17.9 Å². The molecule has 26 heavy (non-hydrogen) atoms. The van der Waals surface area contributed by atoms with Crippen molar-refractivity contribution in [3.8, 4) is 22.8 Å². The summed E-state index contributed by atoms with van der Waals surface area (Å²) in [5, 5.41) is 4.00. The van der Waals surface area contributed by atoms with Gasteiger partial charge >= 0.3 is 0 Å². The first-order valence-corrected chi connectivity index (χ1v) is 7.92. The molecule has 0 spiro atoms. The van der Waals surface area contributed by atoms with Gasteiger partial charge in [-0.05, 0) is 36.4 Å². The lowest BCUT2D eigenvalue weighted by molar-refractivity contribution is 0.536. The van der Waals surface area contributed by atoms with E-state index in [1.165, 1.54) is 6.33 Å². The van der Waals surface area contributed by atoms with Crippen LogP contribution in [0.4, 0.5) is 11.5 Å². The highest BCUT2D eigenvalue weighted by Crippen LogP contribution is 2.43. The summed E-state index contributed by atoms with van der Waals surface area (Å²) in [5.74, 6) is 2.37. The molecule has 5 aromatic heterocycles. The molecule has 0 atom stereocenters. The molecule has 0 aliphatic rings. The number of rotatable bonds is 4. The van der Waals surface area contributed by atoms with E-state index in [0.717, 1.165) is 11.3 Å². The Morgan fingerprint density at radius 3 is 2.35 bits per heavy atom. The molecular formula is C19H12N4O3. The van der Waals surface area contributed by atoms with Crippen LogP contribution in [-0.2, 0) is 0 Å². The average molecular weight is 344 g/mol. The summed E-state index contributed by atoms with van der Waals surface area (Å²) in [7, 11) is 0. The lowest BCUT2D eigenvalue weighted by Crippen LogP contribution is -1.95. The first kappa shape index (κ1) is 14.5. The zero-order chi connectivity index (χ0) is 17.3. The van der Waals surface area contributed by atoms with Crippen LogP contribution in [0.5, 0.6) is 0 Å². The van der Waals surface area contributed by atoms with Gasteiger partial charge in [0.05, 0.1) is 23.5 Å². The van der Waals surface area contributed by atoms with Gasteiger partial charge in [-0.25, -0.2) is 9.97 Å². The Morgan fingerprint density at radius 2 is 1.62 bits per heavy atom. The number of fused-ring (bicyclic) bond motifs is 1. The second-order valence-electron chi connectivity index (χ2n) is 5.52. The van der Waals surface area contributed by atoms with Crippen LogP contribution in [0.2, 0.25) is 0 Å². The summed E-state index contributed by atoms with van der Waals surface area (Å²) < 4.78 is 17.2. The van der Waals surface area contributed by atoms with Gasteiger partial charge in [0.2, 0.25) is 5.71 Å². The van der Waals surface area contributed by atoms with Crippen molar-refractivity contribution in [1.82, 2.24) is 15.0 Å². The van der Waals surface area contributed by atoms with E-state index in [9.17, 15) is 0 Å². The molecule has 1 N–H and O–H groups in total. The van der Waals surface area contributed by atoms with E-state index in [2.05, 4.69) is 20.3 Å². The molecule has 7 nitrogen and oxygen atoms in total. The normalized spacial score (nSPS) is 11.1. The van der Waals surface area contributed by atoms with Gasteiger partial charge in [-0.1, -0.05) is 0 Å². The maximum Gasteiger partial charge on any atom is 0.232 e. The van der Waals surface area contributed by atoms with Gasteiger partial charge in [-0.3, -0.25) is 4.98 Å². The second-order valence-corrected chi connectivity index (χ2v) is 5.52. The molecule has 0 amide bonds. The van der Waals surface area contributed by atoms with Crippen LogP contribution in [0.25, 0.3) is 33.9 Å². The maximum atomic E-state index is 5.99. The number of nitrogens with zero attached hydrogens (tertiary/aromatic N) is 3. The molecule has 0 fully saturated rings. The molecule has 0 aromatic carbocycles. The molecule has 0 unspecified atom stereocenters. The minimum atomic E-state index is 0.439. The summed E-state index contributed by atoms with van der Waals surface area (Å²) in [5.41, 5.74) is 2.03. The monoisotopic (exact) mass is 344 g/mol. The highest BCUT2D eigenvalue weighted by molar-refractivity contribution is 6.05. The summed E-state index contributed by atoms with van der Waals surface area (Å²) in [4.78, 5) is 12.7. The van der Waals surface area contributed by atoms with E-state index in [1.807, 2.05) is 30.3 Å². The Morgan fingerprint density at radius 1 is 0.846 bits per heavy atom. The molecule has 0 radical (unpaired) electrons.